The molecule has 0 aliphatic carbocycles. The molecule has 24 heavy (non-hydrogen) atoms. The SMILES string of the molecule is CC(C)Cn1cc(C(=O)N[C@H]2CCO[C@H](c3cncn3C)C2)cn1. The van der Waals surface area contributed by atoms with Crippen LogP contribution >= 0.6 is 0 Å². The van der Waals surface area contributed by atoms with Gasteiger partial charge in [0.15, 0.2) is 0 Å². The van der Waals surface area contributed by atoms with Gasteiger partial charge in [-0.25, -0.2) is 4.98 Å². The van der Waals surface area contributed by atoms with Gasteiger partial charge in [-0.2, -0.15) is 5.10 Å². The Kier molecular flexibility index (Phi) is 4.99. The first-order chi connectivity index (χ1) is 11.5. The standard InChI is InChI=1S/C17H25N5O2/c1-12(2)9-22-10-13(7-19-22)17(23)20-14-4-5-24-16(6-14)15-8-18-11-21(15)3/h7-8,10-12,14,16H,4-6,9H2,1-3H3,(H,20,23)/t14-,16-/m0/s1. The molecule has 0 saturated carbocycles. The van der Waals surface area contributed by atoms with Gasteiger partial charge in [0.05, 0.1) is 30.0 Å². The minimum Gasteiger partial charge on any atom is -0.372 e. The molecule has 1 N–H and O–H groups in total. The molecule has 0 unspecified atom stereocenters. The molecule has 0 bridgehead atoms. The molecule has 7 nitrogen and oxygen atoms in total. The summed E-state index contributed by atoms with van der Waals surface area (Å²) < 4.78 is 9.62. The predicted octanol–water partition coefficient (Wildman–Crippen LogP) is 1.92. The smallest absolute Gasteiger partial charge is 0.254 e. The summed E-state index contributed by atoms with van der Waals surface area (Å²) in [5.74, 6) is 0.427. The van der Waals surface area contributed by atoms with Crippen molar-refractivity contribution in [2.24, 2.45) is 13.0 Å². The second-order valence-corrected chi connectivity index (χ2v) is 6.83. The normalized spacial score (nSPS) is 21.2. The van der Waals surface area contributed by atoms with E-state index >= 15 is 0 Å². The lowest BCUT2D eigenvalue weighted by Gasteiger charge is -2.30. The molecule has 1 aliphatic heterocycles. The van der Waals surface area contributed by atoms with Crippen LogP contribution in [0.2, 0.25) is 0 Å². The van der Waals surface area contributed by atoms with Crippen LogP contribution in [0.15, 0.2) is 24.9 Å². The summed E-state index contributed by atoms with van der Waals surface area (Å²) in [5.41, 5.74) is 1.65. The van der Waals surface area contributed by atoms with Gasteiger partial charge in [-0.05, 0) is 18.8 Å². The van der Waals surface area contributed by atoms with Crippen LogP contribution in [0.5, 0.6) is 0 Å². The molecule has 0 radical (unpaired) electrons. The van der Waals surface area contributed by atoms with Crippen molar-refractivity contribution in [3.8, 4) is 0 Å². The van der Waals surface area contributed by atoms with Crippen molar-refractivity contribution < 1.29 is 9.53 Å². The second-order valence-electron chi connectivity index (χ2n) is 6.83. The van der Waals surface area contributed by atoms with Gasteiger partial charge in [0, 0.05) is 32.4 Å². The van der Waals surface area contributed by atoms with Crippen molar-refractivity contribution in [2.75, 3.05) is 6.61 Å². The largest absolute Gasteiger partial charge is 0.372 e. The molecule has 3 rings (SSSR count). The number of amides is 1. The van der Waals surface area contributed by atoms with Crippen molar-refractivity contribution in [3.05, 3.63) is 36.2 Å². The number of carbonyl (C=O) groups is 1. The van der Waals surface area contributed by atoms with E-state index < -0.39 is 0 Å². The minimum atomic E-state index is -0.0688. The van der Waals surface area contributed by atoms with Crippen LogP contribution in [0.1, 0.15) is 48.8 Å². The fourth-order valence-corrected chi connectivity index (χ4v) is 3.04. The highest BCUT2D eigenvalue weighted by atomic mass is 16.5. The highest BCUT2D eigenvalue weighted by Gasteiger charge is 2.27. The van der Waals surface area contributed by atoms with E-state index in [9.17, 15) is 4.79 Å². The molecule has 2 aromatic heterocycles. The molecule has 1 amide bonds. The van der Waals surface area contributed by atoms with Crippen LogP contribution in [0.25, 0.3) is 0 Å². The monoisotopic (exact) mass is 331 g/mol. The van der Waals surface area contributed by atoms with E-state index in [4.69, 9.17) is 4.74 Å². The summed E-state index contributed by atoms with van der Waals surface area (Å²) in [4.78, 5) is 16.6. The first-order valence-electron chi connectivity index (χ1n) is 8.44. The highest BCUT2D eigenvalue weighted by molar-refractivity contribution is 5.93. The molecular formula is C17H25N5O2. The molecule has 1 fully saturated rings. The van der Waals surface area contributed by atoms with Gasteiger partial charge in [0.1, 0.15) is 6.10 Å². The fraction of sp³-hybridized carbons (Fsp3) is 0.588. The van der Waals surface area contributed by atoms with E-state index in [0.29, 0.717) is 18.1 Å². The Bertz CT molecular complexity index is 691. The third-order valence-electron chi connectivity index (χ3n) is 4.25. The average molecular weight is 331 g/mol. The Labute approximate surface area is 142 Å². The van der Waals surface area contributed by atoms with Crippen molar-refractivity contribution in [2.45, 2.75) is 45.4 Å². The number of carbonyl (C=O) groups excluding carboxylic acids is 1. The van der Waals surface area contributed by atoms with Crippen molar-refractivity contribution >= 4 is 5.91 Å². The minimum absolute atomic E-state index is 0.0276. The Morgan fingerprint density at radius 1 is 1.46 bits per heavy atom. The van der Waals surface area contributed by atoms with Gasteiger partial charge >= 0.3 is 0 Å². The maximum absolute atomic E-state index is 12.4. The highest BCUT2D eigenvalue weighted by Crippen LogP contribution is 2.27. The van der Waals surface area contributed by atoms with Crippen LogP contribution < -0.4 is 5.32 Å². The van der Waals surface area contributed by atoms with Gasteiger partial charge in [0.2, 0.25) is 0 Å². The number of ether oxygens (including phenoxy) is 1. The van der Waals surface area contributed by atoms with E-state index in [0.717, 1.165) is 25.1 Å². The van der Waals surface area contributed by atoms with Gasteiger partial charge in [0.25, 0.3) is 5.91 Å². The zero-order valence-electron chi connectivity index (χ0n) is 14.5. The Morgan fingerprint density at radius 3 is 3.00 bits per heavy atom. The zero-order valence-corrected chi connectivity index (χ0v) is 14.5. The Hall–Kier alpha value is -2.15. The Morgan fingerprint density at radius 2 is 2.29 bits per heavy atom. The number of hydrogen-bond acceptors (Lipinski definition) is 4. The summed E-state index contributed by atoms with van der Waals surface area (Å²) in [7, 11) is 1.96. The van der Waals surface area contributed by atoms with Gasteiger partial charge in [-0.3, -0.25) is 9.48 Å². The molecule has 1 saturated heterocycles. The fourth-order valence-electron chi connectivity index (χ4n) is 3.04. The predicted molar refractivity (Wildman–Crippen MR) is 89.5 cm³/mol. The van der Waals surface area contributed by atoms with E-state index in [2.05, 4.69) is 29.2 Å². The van der Waals surface area contributed by atoms with E-state index in [1.165, 1.54) is 0 Å². The molecule has 2 atom stereocenters. The molecule has 130 valence electrons. The summed E-state index contributed by atoms with van der Waals surface area (Å²) in [6.07, 6.45) is 8.59. The summed E-state index contributed by atoms with van der Waals surface area (Å²) in [5, 5.41) is 7.37. The number of rotatable bonds is 5. The van der Waals surface area contributed by atoms with Crippen LogP contribution in [0.4, 0.5) is 0 Å². The quantitative estimate of drug-likeness (QED) is 0.908. The lowest BCUT2D eigenvalue weighted by Crippen LogP contribution is -2.40. The van der Waals surface area contributed by atoms with Gasteiger partial charge in [-0.1, -0.05) is 13.8 Å². The molecule has 2 aromatic rings. The maximum Gasteiger partial charge on any atom is 0.254 e. The van der Waals surface area contributed by atoms with Gasteiger partial charge in [-0.15, -0.1) is 0 Å². The number of nitrogens with zero attached hydrogens (tertiary/aromatic N) is 4. The lowest BCUT2D eigenvalue weighted by molar-refractivity contribution is -0.00301. The lowest BCUT2D eigenvalue weighted by atomic mass is 10.0. The zero-order chi connectivity index (χ0) is 17.1. The molecule has 7 heteroatoms. The molecule has 0 spiro atoms. The van der Waals surface area contributed by atoms with Crippen molar-refractivity contribution in [1.82, 2.24) is 24.6 Å². The molecule has 3 heterocycles. The van der Waals surface area contributed by atoms with E-state index in [1.54, 1.807) is 12.5 Å². The molecular weight excluding hydrogens is 306 g/mol. The topological polar surface area (TPSA) is 74.0 Å². The summed E-state index contributed by atoms with van der Waals surface area (Å²) in [6, 6.07) is 0.0969. The Balaban J connectivity index is 1.60. The number of aryl methyl sites for hydroxylation is 1. The van der Waals surface area contributed by atoms with Gasteiger partial charge < -0.3 is 14.6 Å². The van der Waals surface area contributed by atoms with Crippen molar-refractivity contribution in [1.29, 1.82) is 0 Å². The van der Waals surface area contributed by atoms with E-state index in [1.807, 2.05) is 28.7 Å². The average Bonchev–Trinajstić information content (AvgIpc) is 3.16. The van der Waals surface area contributed by atoms with Crippen LogP contribution in [-0.4, -0.2) is 37.9 Å². The number of hydrogen-bond donors (Lipinski definition) is 1. The third-order valence-corrected chi connectivity index (χ3v) is 4.25. The van der Waals surface area contributed by atoms with Crippen LogP contribution in [-0.2, 0) is 18.3 Å². The molecule has 0 aromatic carbocycles. The number of nitrogens with one attached hydrogen (secondary N) is 1. The first kappa shape index (κ1) is 16.7. The van der Waals surface area contributed by atoms with Crippen LogP contribution in [0, 0.1) is 5.92 Å². The van der Waals surface area contributed by atoms with E-state index in [-0.39, 0.29) is 18.1 Å². The number of aromatic nitrogens is 4. The maximum atomic E-state index is 12.4. The summed E-state index contributed by atoms with van der Waals surface area (Å²) >= 11 is 0. The third kappa shape index (κ3) is 3.84. The van der Waals surface area contributed by atoms with Crippen molar-refractivity contribution in [3.63, 3.8) is 0 Å². The first-order valence-corrected chi connectivity index (χ1v) is 8.44. The summed E-state index contributed by atoms with van der Waals surface area (Å²) in [6.45, 7) is 5.70. The van der Waals surface area contributed by atoms with Crippen LogP contribution in [0.3, 0.4) is 0 Å². The second kappa shape index (κ2) is 7.17. The molecule has 1 aliphatic rings. The number of imidazole rings is 1.